The second kappa shape index (κ2) is 53.8. The number of allylic oxidation sites excluding steroid dienone is 14. The molecule has 1 amide bonds. The summed E-state index contributed by atoms with van der Waals surface area (Å²) in [4.78, 5) is 13.1. The van der Waals surface area contributed by atoms with Crippen LogP contribution < -0.4 is 5.32 Å². The normalized spacial score (nSPS) is 19.6. The van der Waals surface area contributed by atoms with Crippen LogP contribution in [-0.2, 0) is 14.3 Å². The summed E-state index contributed by atoms with van der Waals surface area (Å²) in [5.41, 5.74) is 0. The molecule has 0 aromatic heterocycles. The average Bonchev–Trinajstić information content (AvgIpc) is 3.40. The van der Waals surface area contributed by atoms with Crippen LogP contribution in [0.2, 0.25) is 0 Å². The Kier molecular flexibility index (Phi) is 50.4. The Morgan fingerprint density at radius 2 is 0.838 bits per heavy atom. The molecule has 6 N–H and O–H groups in total. The van der Waals surface area contributed by atoms with Crippen molar-refractivity contribution in [3.05, 3.63) is 85.1 Å². The molecule has 1 aliphatic rings. The molecule has 0 aliphatic carbocycles. The summed E-state index contributed by atoms with van der Waals surface area (Å²) in [5, 5.41) is 54.7. The monoisotopic (exact) mass is 1040 g/mol. The van der Waals surface area contributed by atoms with Crippen molar-refractivity contribution >= 4 is 5.91 Å². The molecular weight excluding hydrogens is 923 g/mol. The van der Waals surface area contributed by atoms with Crippen LogP contribution in [0.15, 0.2) is 85.1 Å². The third kappa shape index (κ3) is 42.5. The van der Waals surface area contributed by atoms with Gasteiger partial charge in [0.05, 0.1) is 25.4 Å². The summed E-state index contributed by atoms with van der Waals surface area (Å²) in [6.45, 7) is 3.73. The van der Waals surface area contributed by atoms with Crippen LogP contribution in [0.3, 0.4) is 0 Å². The number of nitrogens with one attached hydrogen (secondary N) is 1. The SMILES string of the molecule is CC/C=C\C/C=C\C/C=C\C/C=C\C/C=C\C/C=C\C/C=C\CCCCCCCCCCCCCCCCCC(=O)NC(COC1OC(CO)C(O)C(O)C1O)C(O)CCCCCCCCCCCCCCCC. The molecule has 428 valence electrons. The lowest BCUT2D eigenvalue weighted by atomic mass is 9.99. The van der Waals surface area contributed by atoms with Crippen LogP contribution in [0.4, 0.5) is 0 Å². The highest BCUT2D eigenvalue weighted by molar-refractivity contribution is 5.76. The van der Waals surface area contributed by atoms with E-state index >= 15 is 0 Å². The Morgan fingerprint density at radius 1 is 0.473 bits per heavy atom. The van der Waals surface area contributed by atoms with Crippen molar-refractivity contribution in [3.63, 3.8) is 0 Å². The number of amides is 1. The number of rotatable bonds is 52. The van der Waals surface area contributed by atoms with E-state index < -0.39 is 49.5 Å². The molecule has 74 heavy (non-hydrogen) atoms. The summed E-state index contributed by atoms with van der Waals surface area (Å²) < 4.78 is 11.3. The molecule has 9 heteroatoms. The molecule has 0 spiro atoms. The predicted octanol–water partition coefficient (Wildman–Crippen LogP) is 15.8. The van der Waals surface area contributed by atoms with E-state index in [4.69, 9.17) is 9.47 Å². The highest BCUT2D eigenvalue weighted by Gasteiger charge is 2.44. The summed E-state index contributed by atoms with van der Waals surface area (Å²) in [6.07, 6.45) is 69.1. The molecule has 1 aliphatic heterocycles. The van der Waals surface area contributed by atoms with Crippen LogP contribution in [0, 0.1) is 0 Å². The van der Waals surface area contributed by atoms with Crippen molar-refractivity contribution in [2.75, 3.05) is 13.2 Å². The van der Waals surface area contributed by atoms with Crippen molar-refractivity contribution in [3.8, 4) is 0 Å². The maximum Gasteiger partial charge on any atom is 0.220 e. The molecule has 0 aromatic carbocycles. The van der Waals surface area contributed by atoms with Gasteiger partial charge in [-0.15, -0.1) is 0 Å². The van der Waals surface area contributed by atoms with Crippen molar-refractivity contribution in [2.45, 2.75) is 307 Å². The fraction of sp³-hybridized carbons (Fsp3) is 0.769. The number of ether oxygens (including phenoxy) is 2. The van der Waals surface area contributed by atoms with Crippen LogP contribution in [0.1, 0.15) is 264 Å². The first-order chi connectivity index (χ1) is 36.3. The lowest BCUT2D eigenvalue weighted by Crippen LogP contribution is -2.60. The maximum atomic E-state index is 13.1. The first-order valence-electron chi connectivity index (χ1n) is 30.8. The first-order valence-corrected chi connectivity index (χ1v) is 30.8. The summed E-state index contributed by atoms with van der Waals surface area (Å²) >= 11 is 0. The van der Waals surface area contributed by atoms with Gasteiger partial charge >= 0.3 is 0 Å². The smallest absolute Gasteiger partial charge is 0.220 e. The van der Waals surface area contributed by atoms with Crippen LogP contribution in [-0.4, -0.2) is 87.5 Å². The van der Waals surface area contributed by atoms with Gasteiger partial charge in [0, 0.05) is 6.42 Å². The quantitative estimate of drug-likeness (QED) is 0.0261. The lowest BCUT2D eigenvalue weighted by molar-refractivity contribution is -0.302. The van der Waals surface area contributed by atoms with E-state index in [2.05, 4.69) is 104 Å². The van der Waals surface area contributed by atoms with Gasteiger partial charge in [0.2, 0.25) is 5.91 Å². The van der Waals surface area contributed by atoms with Crippen LogP contribution in [0.5, 0.6) is 0 Å². The molecule has 0 aromatic rings. The largest absolute Gasteiger partial charge is 0.394 e. The molecule has 0 bridgehead atoms. The summed E-state index contributed by atoms with van der Waals surface area (Å²) in [5.74, 6) is -0.145. The zero-order valence-corrected chi connectivity index (χ0v) is 47.6. The van der Waals surface area contributed by atoms with Crippen molar-refractivity contribution in [1.29, 1.82) is 0 Å². The number of hydrogen-bond donors (Lipinski definition) is 6. The number of carbonyl (C=O) groups is 1. The minimum atomic E-state index is -1.56. The van der Waals surface area contributed by atoms with Gasteiger partial charge in [-0.05, 0) is 70.6 Å². The third-order valence-corrected chi connectivity index (χ3v) is 14.3. The minimum Gasteiger partial charge on any atom is -0.394 e. The molecule has 9 nitrogen and oxygen atoms in total. The third-order valence-electron chi connectivity index (χ3n) is 14.3. The minimum absolute atomic E-state index is 0.139. The second-order valence-corrected chi connectivity index (χ2v) is 21.1. The number of aliphatic hydroxyl groups excluding tert-OH is 5. The van der Waals surface area contributed by atoms with E-state index in [0.717, 1.165) is 83.5 Å². The topological polar surface area (TPSA) is 149 Å². The second-order valence-electron chi connectivity index (χ2n) is 21.1. The van der Waals surface area contributed by atoms with Gasteiger partial charge in [0.15, 0.2) is 6.29 Å². The van der Waals surface area contributed by atoms with Gasteiger partial charge in [-0.2, -0.15) is 0 Å². The summed E-state index contributed by atoms with van der Waals surface area (Å²) in [6, 6.07) is -0.722. The van der Waals surface area contributed by atoms with Gasteiger partial charge in [-0.3, -0.25) is 4.79 Å². The van der Waals surface area contributed by atoms with E-state index in [-0.39, 0.29) is 12.5 Å². The standard InChI is InChI=1S/C65H115NO8/c1-3-5-7-9-11-13-15-17-19-20-21-22-23-24-25-26-27-28-29-30-31-32-33-34-35-36-37-38-39-40-41-43-45-47-49-51-53-55-61(69)66-58(57-73-65-64(72)63(71)62(70)60(56-67)74-65)59(68)54-52-50-48-46-44-42-18-16-14-12-10-8-6-4-2/h5,7,11,13,17,19,21-22,24-25,27-28,30-31,58-60,62-65,67-68,70-72H,3-4,6,8-10,12,14-16,18,20,23,26,29,32-57H2,1-2H3,(H,66,69)/b7-5-,13-11-,19-17-,22-21-,25-24-,28-27-,31-30-. The van der Waals surface area contributed by atoms with Crippen LogP contribution >= 0.6 is 0 Å². The Bertz CT molecular complexity index is 1440. The predicted molar refractivity (Wildman–Crippen MR) is 313 cm³/mol. The Morgan fingerprint density at radius 3 is 1.24 bits per heavy atom. The van der Waals surface area contributed by atoms with Gasteiger partial charge in [0.1, 0.15) is 24.4 Å². The fourth-order valence-corrected chi connectivity index (χ4v) is 9.44. The molecule has 7 unspecified atom stereocenters. The van der Waals surface area contributed by atoms with Crippen molar-refractivity contribution < 1.29 is 39.8 Å². The van der Waals surface area contributed by atoms with Gasteiger partial charge in [0.25, 0.3) is 0 Å². The van der Waals surface area contributed by atoms with E-state index in [0.29, 0.717) is 12.8 Å². The first kappa shape index (κ1) is 69.4. The van der Waals surface area contributed by atoms with Gasteiger partial charge < -0.3 is 40.3 Å². The molecular formula is C65H115NO8. The Balaban J connectivity index is 2.10. The van der Waals surface area contributed by atoms with Crippen molar-refractivity contribution in [2.24, 2.45) is 0 Å². The van der Waals surface area contributed by atoms with Gasteiger partial charge in [-0.25, -0.2) is 0 Å². The average molecular weight is 1040 g/mol. The molecule has 1 saturated heterocycles. The summed E-state index contributed by atoms with van der Waals surface area (Å²) in [7, 11) is 0. The van der Waals surface area contributed by atoms with Crippen molar-refractivity contribution in [1.82, 2.24) is 5.32 Å². The fourth-order valence-electron chi connectivity index (χ4n) is 9.44. The van der Waals surface area contributed by atoms with Gasteiger partial charge in [-0.1, -0.05) is 272 Å². The highest BCUT2D eigenvalue weighted by atomic mass is 16.7. The zero-order chi connectivity index (χ0) is 53.6. The number of carbonyl (C=O) groups excluding carboxylic acids is 1. The molecule has 0 radical (unpaired) electrons. The lowest BCUT2D eigenvalue weighted by Gasteiger charge is -2.40. The van der Waals surface area contributed by atoms with E-state index in [1.54, 1.807) is 0 Å². The van der Waals surface area contributed by atoms with Crippen LogP contribution in [0.25, 0.3) is 0 Å². The Labute approximate surface area is 454 Å². The van der Waals surface area contributed by atoms with E-state index in [9.17, 15) is 30.3 Å². The number of aliphatic hydroxyl groups is 5. The highest BCUT2D eigenvalue weighted by Crippen LogP contribution is 2.23. The number of hydrogen-bond acceptors (Lipinski definition) is 8. The number of unbranched alkanes of at least 4 members (excludes halogenated alkanes) is 28. The molecule has 1 heterocycles. The Hall–Kier alpha value is -2.63. The maximum absolute atomic E-state index is 13.1. The molecule has 1 rings (SSSR count). The van der Waals surface area contributed by atoms with E-state index in [1.165, 1.54) is 154 Å². The molecule has 7 atom stereocenters. The molecule has 1 fully saturated rings. The van der Waals surface area contributed by atoms with E-state index in [1.807, 2.05) is 0 Å². The zero-order valence-electron chi connectivity index (χ0n) is 47.6. The molecule has 0 saturated carbocycles.